The van der Waals surface area contributed by atoms with Crippen LogP contribution in [0.3, 0.4) is 0 Å². The highest BCUT2D eigenvalue weighted by atomic mass is 16.5. The monoisotopic (exact) mass is 242 g/mol. The smallest absolute Gasteiger partial charge is 0.307 e. The van der Waals surface area contributed by atoms with E-state index in [-0.39, 0.29) is 24.3 Å². The van der Waals surface area contributed by atoms with Crippen LogP contribution >= 0.6 is 0 Å². The molecule has 1 unspecified atom stereocenters. The molecule has 0 aromatic rings. The van der Waals surface area contributed by atoms with Gasteiger partial charge in [-0.25, -0.2) is 0 Å². The van der Waals surface area contributed by atoms with E-state index in [2.05, 4.69) is 10.2 Å². The first-order valence-corrected chi connectivity index (χ1v) is 6.29. The summed E-state index contributed by atoms with van der Waals surface area (Å²) in [7, 11) is 0. The highest BCUT2D eigenvalue weighted by molar-refractivity contribution is 5.79. The van der Waals surface area contributed by atoms with E-state index in [4.69, 9.17) is 4.74 Å². The molecule has 1 fully saturated rings. The van der Waals surface area contributed by atoms with Gasteiger partial charge >= 0.3 is 5.97 Å². The summed E-state index contributed by atoms with van der Waals surface area (Å²) >= 11 is 0. The number of hydrogen-bond donors (Lipinski definition) is 1. The molecule has 1 heterocycles. The van der Waals surface area contributed by atoms with Gasteiger partial charge in [-0.3, -0.25) is 14.5 Å². The summed E-state index contributed by atoms with van der Waals surface area (Å²) in [6.45, 7) is 6.41. The Labute approximate surface area is 102 Å². The van der Waals surface area contributed by atoms with Gasteiger partial charge in [0.15, 0.2) is 0 Å². The van der Waals surface area contributed by atoms with Crippen LogP contribution in [0, 0.1) is 0 Å². The molecule has 98 valence electrons. The van der Waals surface area contributed by atoms with Crippen LogP contribution in [0.25, 0.3) is 0 Å². The Morgan fingerprint density at radius 1 is 1.35 bits per heavy atom. The molecule has 1 saturated heterocycles. The zero-order valence-corrected chi connectivity index (χ0v) is 10.7. The summed E-state index contributed by atoms with van der Waals surface area (Å²) in [4.78, 5) is 25.0. The van der Waals surface area contributed by atoms with Gasteiger partial charge in [0.2, 0.25) is 5.91 Å². The summed E-state index contributed by atoms with van der Waals surface area (Å²) in [5.74, 6) is -0.273. The summed E-state index contributed by atoms with van der Waals surface area (Å²) in [6, 6.07) is -0.163. The fraction of sp³-hybridized carbons (Fsp3) is 0.833. The minimum absolute atomic E-state index is 0.0105. The third-order valence-electron chi connectivity index (χ3n) is 2.75. The topological polar surface area (TPSA) is 58.6 Å². The van der Waals surface area contributed by atoms with Crippen molar-refractivity contribution in [2.75, 3.05) is 26.2 Å². The predicted molar refractivity (Wildman–Crippen MR) is 64.5 cm³/mol. The van der Waals surface area contributed by atoms with E-state index in [0.717, 1.165) is 13.1 Å². The lowest BCUT2D eigenvalue weighted by atomic mass is 10.2. The van der Waals surface area contributed by atoms with Crippen molar-refractivity contribution in [1.29, 1.82) is 0 Å². The fourth-order valence-corrected chi connectivity index (χ4v) is 1.99. The summed E-state index contributed by atoms with van der Waals surface area (Å²) < 4.78 is 4.83. The standard InChI is InChI=1S/C12H22N2O3/c1-3-17-12(16)8-10(2)13-11(15)9-14-6-4-5-7-14/h10H,3-9H2,1-2H3,(H,13,15). The molecule has 1 atom stereocenters. The van der Waals surface area contributed by atoms with E-state index in [1.165, 1.54) is 12.8 Å². The van der Waals surface area contributed by atoms with Gasteiger partial charge in [-0.15, -0.1) is 0 Å². The van der Waals surface area contributed by atoms with Gasteiger partial charge in [0.1, 0.15) is 0 Å². The Morgan fingerprint density at radius 2 is 2.00 bits per heavy atom. The van der Waals surface area contributed by atoms with E-state index < -0.39 is 0 Å². The summed E-state index contributed by atoms with van der Waals surface area (Å²) in [5, 5.41) is 2.81. The lowest BCUT2D eigenvalue weighted by Gasteiger charge is -2.17. The highest BCUT2D eigenvalue weighted by Gasteiger charge is 2.17. The average molecular weight is 242 g/mol. The molecule has 5 nitrogen and oxygen atoms in total. The van der Waals surface area contributed by atoms with Crippen molar-refractivity contribution in [3.8, 4) is 0 Å². The van der Waals surface area contributed by atoms with Crippen molar-refractivity contribution in [1.82, 2.24) is 10.2 Å². The molecule has 0 bridgehead atoms. The number of amides is 1. The van der Waals surface area contributed by atoms with Crippen LogP contribution in [-0.4, -0.2) is 49.1 Å². The van der Waals surface area contributed by atoms with E-state index in [0.29, 0.717) is 13.2 Å². The molecule has 1 N–H and O–H groups in total. The zero-order valence-electron chi connectivity index (χ0n) is 10.7. The van der Waals surface area contributed by atoms with Crippen LogP contribution in [0.1, 0.15) is 33.1 Å². The van der Waals surface area contributed by atoms with E-state index in [1.54, 1.807) is 6.92 Å². The lowest BCUT2D eigenvalue weighted by Crippen LogP contribution is -2.41. The highest BCUT2D eigenvalue weighted by Crippen LogP contribution is 2.06. The maximum atomic E-state index is 11.6. The Morgan fingerprint density at radius 3 is 2.59 bits per heavy atom. The number of carbonyl (C=O) groups is 2. The third-order valence-corrected chi connectivity index (χ3v) is 2.75. The van der Waals surface area contributed by atoms with Crippen molar-refractivity contribution >= 4 is 11.9 Å². The van der Waals surface area contributed by atoms with E-state index in [9.17, 15) is 9.59 Å². The van der Waals surface area contributed by atoms with Crippen LogP contribution in [-0.2, 0) is 14.3 Å². The van der Waals surface area contributed by atoms with Crippen LogP contribution in [0.15, 0.2) is 0 Å². The normalized spacial score (nSPS) is 17.8. The molecule has 0 radical (unpaired) electrons. The Bertz CT molecular complexity index is 262. The van der Waals surface area contributed by atoms with E-state index >= 15 is 0 Å². The fourth-order valence-electron chi connectivity index (χ4n) is 1.99. The molecule has 1 amide bonds. The number of carbonyl (C=O) groups excluding carboxylic acids is 2. The van der Waals surface area contributed by atoms with E-state index in [1.807, 2.05) is 6.92 Å². The number of nitrogens with zero attached hydrogens (tertiary/aromatic N) is 1. The maximum Gasteiger partial charge on any atom is 0.307 e. The molecular weight excluding hydrogens is 220 g/mol. The van der Waals surface area contributed by atoms with Crippen LogP contribution in [0.5, 0.6) is 0 Å². The van der Waals surface area contributed by atoms with Gasteiger partial charge in [0.05, 0.1) is 19.6 Å². The van der Waals surface area contributed by atoms with Crippen molar-refractivity contribution in [3.05, 3.63) is 0 Å². The van der Waals surface area contributed by atoms with Crippen LogP contribution in [0.2, 0.25) is 0 Å². The molecule has 0 saturated carbocycles. The lowest BCUT2D eigenvalue weighted by molar-refractivity contribution is -0.143. The maximum absolute atomic E-state index is 11.6. The van der Waals surface area contributed by atoms with Gasteiger partial charge in [0.25, 0.3) is 0 Å². The number of esters is 1. The summed E-state index contributed by atoms with van der Waals surface area (Å²) in [5.41, 5.74) is 0. The molecule has 0 spiro atoms. The first-order valence-electron chi connectivity index (χ1n) is 6.29. The van der Waals surface area contributed by atoms with Crippen LogP contribution < -0.4 is 5.32 Å². The quantitative estimate of drug-likeness (QED) is 0.691. The number of nitrogens with one attached hydrogen (secondary N) is 1. The minimum atomic E-state index is -0.263. The van der Waals surface area contributed by atoms with Gasteiger partial charge < -0.3 is 10.1 Å². The van der Waals surface area contributed by atoms with Gasteiger partial charge in [-0.2, -0.15) is 0 Å². The first-order chi connectivity index (χ1) is 8.11. The Hall–Kier alpha value is -1.10. The van der Waals surface area contributed by atoms with Gasteiger partial charge in [0, 0.05) is 6.04 Å². The second-order valence-corrected chi connectivity index (χ2v) is 4.46. The number of ether oxygens (including phenoxy) is 1. The molecule has 0 aromatic heterocycles. The molecular formula is C12H22N2O3. The number of hydrogen-bond acceptors (Lipinski definition) is 4. The molecule has 1 rings (SSSR count). The Balaban J connectivity index is 2.18. The van der Waals surface area contributed by atoms with Crippen molar-refractivity contribution in [2.24, 2.45) is 0 Å². The second-order valence-electron chi connectivity index (χ2n) is 4.46. The predicted octanol–water partition coefficient (Wildman–Crippen LogP) is 0.540. The van der Waals surface area contributed by atoms with Crippen molar-refractivity contribution in [2.45, 2.75) is 39.2 Å². The average Bonchev–Trinajstić information content (AvgIpc) is 2.69. The molecule has 17 heavy (non-hydrogen) atoms. The minimum Gasteiger partial charge on any atom is -0.466 e. The van der Waals surface area contributed by atoms with Gasteiger partial charge in [-0.1, -0.05) is 0 Å². The van der Waals surface area contributed by atoms with Crippen molar-refractivity contribution < 1.29 is 14.3 Å². The number of likely N-dealkylation sites (tertiary alicyclic amines) is 1. The molecule has 5 heteroatoms. The number of rotatable bonds is 6. The van der Waals surface area contributed by atoms with Gasteiger partial charge in [-0.05, 0) is 39.8 Å². The Kier molecular flexibility index (Phi) is 5.97. The third kappa shape index (κ3) is 5.68. The SMILES string of the molecule is CCOC(=O)CC(C)NC(=O)CN1CCCC1. The second kappa shape index (κ2) is 7.27. The van der Waals surface area contributed by atoms with Crippen molar-refractivity contribution in [3.63, 3.8) is 0 Å². The molecule has 1 aliphatic rings. The summed E-state index contributed by atoms with van der Waals surface area (Å²) in [6.07, 6.45) is 2.58. The largest absolute Gasteiger partial charge is 0.466 e. The molecule has 0 aliphatic carbocycles. The first kappa shape index (κ1) is 14.0. The zero-order chi connectivity index (χ0) is 12.7. The van der Waals surface area contributed by atoms with Crippen LogP contribution in [0.4, 0.5) is 0 Å². The molecule has 0 aromatic carbocycles. The molecule has 1 aliphatic heterocycles.